The molecule has 1 rings (SSSR count). The fourth-order valence-corrected chi connectivity index (χ4v) is 3.96. The fourth-order valence-electron chi connectivity index (χ4n) is 3.96. The number of unbranched alkanes of at least 4 members (excludes halogenated alkanes) is 9. The van der Waals surface area contributed by atoms with Gasteiger partial charge in [-0.25, -0.2) is 0 Å². The molecule has 0 spiro atoms. The van der Waals surface area contributed by atoms with Crippen molar-refractivity contribution in [3.8, 4) is 0 Å². The van der Waals surface area contributed by atoms with Gasteiger partial charge in [0, 0.05) is 6.42 Å². The lowest BCUT2D eigenvalue weighted by molar-refractivity contribution is -0.944. The van der Waals surface area contributed by atoms with Crippen molar-refractivity contribution in [2.24, 2.45) is 0 Å². The van der Waals surface area contributed by atoms with E-state index in [1.54, 1.807) is 0 Å². The van der Waals surface area contributed by atoms with Crippen LogP contribution >= 0.6 is 0 Å². The van der Waals surface area contributed by atoms with Crippen molar-refractivity contribution in [3.05, 3.63) is 0 Å². The summed E-state index contributed by atoms with van der Waals surface area (Å²) in [7, 11) is 4.85. The summed E-state index contributed by atoms with van der Waals surface area (Å²) in [6.07, 6.45) is 15.7. The van der Waals surface area contributed by atoms with Crippen LogP contribution in [0.4, 0.5) is 0 Å². The number of nitrogens with zero attached hydrogens (tertiary/aromatic N) is 1. The Morgan fingerprint density at radius 3 is 1.91 bits per heavy atom. The van der Waals surface area contributed by atoms with Gasteiger partial charge in [0.2, 0.25) is 0 Å². The second-order valence-electron chi connectivity index (χ2n) is 8.58. The van der Waals surface area contributed by atoms with Crippen LogP contribution in [0.15, 0.2) is 0 Å². The van der Waals surface area contributed by atoms with Gasteiger partial charge in [-0.05, 0) is 20.3 Å². The Hall–Kier alpha value is -0.0800. The maximum Gasteiger partial charge on any atom is 0.109 e. The van der Waals surface area contributed by atoms with Crippen LogP contribution in [0.25, 0.3) is 0 Å². The number of quaternary nitrogens is 1. The molecule has 1 heterocycles. The molecular formula is C20H43N2+. The van der Waals surface area contributed by atoms with E-state index < -0.39 is 0 Å². The molecule has 0 aliphatic carbocycles. The van der Waals surface area contributed by atoms with Gasteiger partial charge in [-0.3, -0.25) is 0 Å². The van der Waals surface area contributed by atoms with Crippen molar-refractivity contribution in [2.45, 2.75) is 103 Å². The molecule has 0 aromatic carbocycles. The molecule has 0 aromatic heterocycles. The third kappa shape index (κ3) is 6.58. The van der Waals surface area contributed by atoms with Crippen LogP contribution in [0.5, 0.6) is 0 Å². The smallest absolute Gasteiger partial charge is 0.109 e. The first-order valence-electron chi connectivity index (χ1n) is 9.98. The summed E-state index contributed by atoms with van der Waals surface area (Å²) in [5, 5.41) is 3.70. The van der Waals surface area contributed by atoms with Gasteiger partial charge in [-0.15, -0.1) is 0 Å². The molecule has 0 amide bonds. The van der Waals surface area contributed by atoms with E-state index in [0.29, 0.717) is 11.6 Å². The first-order valence-corrected chi connectivity index (χ1v) is 9.98. The molecule has 1 fully saturated rings. The summed E-state index contributed by atoms with van der Waals surface area (Å²) < 4.78 is 1.18. The number of hydrogen-bond acceptors (Lipinski definition) is 1. The van der Waals surface area contributed by atoms with E-state index in [1.165, 1.54) is 88.2 Å². The van der Waals surface area contributed by atoms with E-state index in [4.69, 9.17) is 0 Å². The maximum absolute atomic E-state index is 3.70. The number of rotatable bonds is 11. The van der Waals surface area contributed by atoms with Crippen LogP contribution in [0.2, 0.25) is 0 Å². The molecule has 2 heteroatoms. The average Bonchev–Trinajstić information content (AvgIpc) is 2.45. The highest BCUT2D eigenvalue weighted by Gasteiger charge is 2.44. The zero-order valence-corrected chi connectivity index (χ0v) is 16.2. The molecule has 2 nitrogen and oxygen atoms in total. The zero-order chi connectivity index (χ0) is 16.5. The van der Waals surface area contributed by atoms with E-state index in [0.717, 1.165) is 0 Å². The minimum atomic E-state index is 0.423. The minimum Gasteiger partial charge on any atom is -0.322 e. The molecule has 1 N–H and O–H groups in total. The normalized spacial score (nSPS) is 28.0. The SMILES string of the molecule is CCCCCCCCCCCCC1(C)CNC(C)C[N+]1(C)C. The molecule has 1 aliphatic heterocycles. The second-order valence-corrected chi connectivity index (χ2v) is 8.58. The highest BCUT2D eigenvalue weighted by atomic mass is 15.4. The van der Waals surface area contributed by atoms with Gasteiger partial charge in [-0.1, -0.05) is 64.7 Å². The maximum atomic E-state index is 3.70. The molecule has 1 aliphatic rings. The topological polar surface area (TPSA) is 12.0 Å². The molecule has 2 atom stereocenters. The summed E-state index contributed by atoms with van der Waals surface area (Å²) in [6.45, 7) is 9.54. The van der Waals surface area contributed by atoms with Crippen molar-refractivity contribution in [1.82, 2.24) is 5.32 Å². The van der Waals surface area contributed by atoms with Gasteiger partial charge in [0.15, 0.2) is 0 Å². The van der Waals surface area contributed by atoms with Gasteiger partial charge in [-0.2, -0.15) is 0 Å². The number of nitrogens with one attached hydrogen (secondary N) is 1. The Kier molecular flexibility index (Phi) is 9.01. The summed E-state index contributed by atoms with van der Waals surface area (Å²) in [4.78, 5) is 0. The van der Waals surface area contributed by atoms with E-state index in [1.807, 2.05) is 0 Å². The lowest BCUT2D eigenvalue weighted by Gasteiger charge is -2.52. The van der Waals surface area contributed by atoms with E-state index in [-0.39, 0.29) is 0 Å². The highest BCUT2D eigenvalue weighted by molar-refractivity contribution is 4.85. The van der Waals surface area contributed by atoms with Crippen LogP contribution in [0.3, 0.4) is 0 Å². The minimum absolute atomic E-state index is 0.423. The fraction of sp³-hybridized carbons (Fsp3) is 1.00. The molecule has 0 bridgehead atoms. The zero-order valence-electron chi connectivity index (χ0n) is 16.2. The second kappa shape index (κ2) is 9.93. The first kappa shape index (κ1) is 20.0. The largest absolute Gasteiger partial charge is 0.322 e. The van der Waals surface area contributed by atoms with E-state index >= 15 is 0 Å². The third-order valence-corrected chi connectivity index (χ3v) is 6.09. The van der Waals surface area contributed by atoms with E-state index in [2.05, 4.69) is 40.2 Å². The molecular weight excluding hydrogens is 268 g/mol. The van der Waals surface area contributed by atoms with Gasteiger partial charge < -0.3 is 9.80 Å². The summed E-state index contributed by atoms with van der Waals surface area (Å²) in [5.41, 5.74) is 0.423. The number of piperazine rings is 1. The Morgan fingerprint density at radius 1 is 0.909 bits per heavy atom. The van der Waals surface area contributed by atoms with Crippen molar-refractivity contribution in [1.29, 1.82) is 0 Å². The van der Waals surface area contributed by atoms with Crippen molar-refractivity contribution in [2.75, 3.05) is 27.2 Å². The third-order valence-electron chi connectivity index (χ3n) is 6.09. The van der Waals surface area contributed by atoms with Crippen LogP contribution in [0.1, 0.15) is 91.4 Å². The summed E-state index contributed by atoms with van der Waals surface area (Å²) in [5.74, 6) is 0. The molecule has 132 valence electrons. The van der Waals surface area contributed by atoms with E-state index in [9.17, 15) is 0 Å². The average molecular weight is 312 g/mol. The Balaban J connectivity index is 2.06. The predicted molar refractivity (Wildman–Crippen MR) is 99.3 cm³/mol. The quantitative estimate of drug-likeness (QED) is 0.412. The lowest BCUT2D eigenvalue weighted by atomic mass is 9.87. The summed E-state index contributed by atoms with van der Waals surface area (Å²) in [6, 6.07) is 0.663. The predicted octanol–water partition coefficient (Wildman–Crippen LogP) is 5.12. The molecule has 0 aromatic rings. The number of hydrogen-bond donors (Lipinski definition) is 1. The van der Waals surface area contributed by atoms with Crippen molar-refractivity contribution >= 4 is 0 Å². The molecule has 22 heavy (non-hydrogen) atoms. The van der Waals surface area contributed by atoms with Gasteiger partial charge in [0.05, 0.1) is 33.2 Å². The monoisotopic (exact) mass is 311 g/mol. The van der Waals surface area contributed by atoms with Crippen molar-refractivity contribution < 1.29 is 4.48 Å². The van der Waals surface area contributed by atoms with Crippen LogP contribution in [0, 0.1) is 0 Å². The molecule has 2 unspecified atom stereocenters. The van der Waals surface area contributed by atoms with Crippen LogP contribution in [-0.4, -0.2) is 43.2 Å². The standard InChI is InChI=1S/C20H43N2/c1-6-7-8-9-10-11-12-13-14-15-16-20(3)18-21-19(2)17-22(20,4)5/h19,21H,6-18H2,1-5H3/q+1. The Labute approximate surface area is 140 Å². The van der Waals surface area contributed by atoms with Gasteiger partial charge in [0.1, 0.15) is 5.54 Å². The van der Waals surface area contributed by atoms with Crippen LogP contribution in [-0.2, 0) is 0 Å². The lowest BCUT2D eigenvalue weighted by Crippen LogP contribution is -2.70. The van der Waals surface area contributed by atoms with Crippen molar-refractivity contribution in [3.63, 3.8) is 0 Å². The Morgan fingerprint density at radius 2 is 1.41 bits per heavy atom. The Bertz CT molecular complexity index is 287. The first-order chi connectivity index (χ1) is 10.4. The molecule has 0 radical (unpaired) electrons. The molecule has 1 saturated heterocycles. The van der Waals surface area contributed by atoms with Crippen LogP contribution < -0.4 is 5.32 Å². The number of likely N-dealkylation sites (N-methyl/N-ethyl adjacent to an activating group) is 1. The summed E-state index contributed by atoms with van der Waals surface area (Å²) >= 11 is 0. The van der Waals surface area contributed by atoms with Gasteiger partial charge in [0.25, 0.3) is 0 Å². The van der Waals surface area contributed by atoms with Gasteiger partial charge >= 0.3 is 0 Å². The highest BCUT2D eigenvalue weighted by Crippen LogP contribution is 2.30. The molecule has 0 saturated carbocycles.